The number of esters is 2. The fourth-order valence-electron chi connectivity index (χ4n) is 1.19. The fraction of sp³-hybridized carbons (Fsp3) is 0.308. The van der Waals surface area contributed by atoms with E-state index in [9.17, 15) is 9.59 Å². The third kappa shape index (κ3) is 5.70. The van der Waals surface area contributed by atoms with Crippen molar-refractivity contribution in [3.05, 3.63) is 36.8 Å². The van der Waals surface area contributed by atoms with Crippen LogP contribution in [0, 0.1) is 6.42 Å². The van der Waals surface area contributed by atoms with Gasteiger partial charge >= 0.3 is 11.9 Å². The number of carbonyl (C=O) groups is 2. The highest BCUT2D eigenvalue weighted by molar-refractivity contribution is 5.73. The van der Waals surface area contributed by atoms with E-state index in [-0.39, 0.29) is 24.8 Å². The van der Waals surface area contributed by atoms with Crippen molar-refractivity contribution in [2.24, 2.45) is 0 Å². The van der Waals surface area contributed by atoms with Gasteiger partial charge in [-0.2, -0.15) is 0 Å². The van der Waals surface area contributed by atoms with Crippen LogP contribution in [0.1, 0.15) is 19.3 Å². The number of hydrogen-bond donors (Lipinski definition) is 0. The van der Waals surface area contributed by atoms with Crippen molar-refractivity contribution in [2.45, 2.75) is 19.3 Å². The molecule has 0 amide bonds. The molecule has 4 nitrogen and oxygen atoms in total. The van der Waals surface area contributed by atoms with Crippen molar-refractivity contribution in [3.63, 3.8) is 0 Å². The van der Waals surface area contributed by atoms with E-state index in [1.807, 2.05) is 6.07 Å². The number of ether oxygens (including phenoxy) is 2. The van der Waals surface area contributed by atoms with Crippen LogP contribution in [0.5, 0.6) is 5.75 Å². The molecule has 0 spiro atoms. The van der Waals surface area contributed by atoms with E-state index < -0.39 is 0 Å². The molecule has 0 aliphatic carbocycles. The van der Waals surface area contributed by atoms with E-state index in [4.69, 9.17) is 4.74 Å². The van der Waals surface area contributed by atoms with Gasteiger partial charge in [0.05, 0.1) is 7.11 Å². The monoisotopic (exact) mass is 235 g/mol. The van der Waals surface area contributed by atoms with Gasteiger partial charge in [0, 0.05) is 12.8 Å². The van der Waals surface area contributed by atoms with E-state index in [1.165, 1.54) is 7.11 Å². The number of hydrogen-bond acceptors (Lipinski definition) is 4. The molecule has 91 valence electrons. The molecule has 0 saturated heterocycles. The second kappa shape index (κ2) is 7.44. The number of unbranched alkanes of at least 4 members (excludes halogenated alkanes) is 1. The van der Waals surface area contributed by atoms with Gasteiger partial charge in [0.15, 0.2) is 0 Å². The predicted octanol–water partition coefficient (Wildman–Crippen LogP) is 2.14. The average molecular weight is 235 g/mol. The summed E-state index contributed by atoms with van der Waals surface area (Å²) in [5.74, 6) is -0.0794. The SMILES string of the molecule is COC(=O)C[CH]CCC(=O)Oc1ccccc1. The molecule has 0 bridgehead atoms. The lowest BCUT2D eigenvalue weighted by atomic mass is 10.2. The molecule has 1 aromatic carbocycles. The van der Waals surface area contributed by atoms with Crippen molar-refractivity contribution in [1.29, 1.82) is 0 Å². The molecule has 0 aliphatic heterocycles. The molecule has 0 saturated carbocycles. The van der Waals surface area contributed by atoms with Gasteiger partial charge in [0.25, 0.3) is 0 Å². The molecule has 0 fully saturated rings. The second-order valence-corrected chi connectivity index (χ2v) is 3.39. The van der Waals surface area contributed by atoms with Gasteiger partial charge in [-0.05, 0) is 25.0 Å². The lowest BCUT2D eigenvalue weighted by Crippen LogP contribution is -2.08. The Labute approximate surface area is 101 Å². The van der Waals surface area contributed by atoms with E-state index >= 15 is 0 Å². The van der Waals surface area contributed by atoms with Crippen molar-refractivity contribution in [3.8, 4) is 5.75 Å². The molecule has 0 unspecified atom stereocenters. The predicted molar refractivity (Wildman–Crippen MR) is 62.2 cm³/mol. The standard InChI is InChI=1S/C13H15O4/c1-16-12(14)9-5-6-10-13(15)17-11-7-3-2-4-8-11/h2-5,7-8H,6,9-10H2,1H3. The largest absolute Gasteiger partial charge is 0.469 e. The first-order valence-electron chi connectivity index (χ1n) is 5.36. The summed E-state index contributed by atoms with van der Waals surface area (Å²) in [5.41, 5.74) is 0. The van der Waals surface area contributed by atoms with Gasteiger partial charge < -0.3 is 9.47 Å². The molecule has 0 aromatic heterocycles. The van der Waals surface area contributed by atoms with Gasteiger partial charge in [-0.1, -0.05) is 18.2 Å². The molecule has 1 radical (unpaired) electrons. The van der Waals surface area contributed by atoms with Crippen LogP contribution in [-0.2, 0) is 14.3 Å². The van der Waals surface area contributed by atoms with Crippen LogP contribution < -0.4 is 4.74 Å². The van der Waals surface area contributed by atoms with Crippen LogP contribution in [0.2, 0.25) is 0 Å². The minimum atomic E-state index is -0.308. The maximum Gasteiger partial charge on any atom is 0.311 e. The Balaban J connectivity index is 2.16. The third-order valence-electron chi connectivity index (χ3n) is 2.07. The average Bonchev–Trinajstić information content (AvgIpc) is 2.35. The van der Waals surface area contributed by atoms with Crippen LogP contribution in [0.15, 0.2) is 30.3 Å². The molecule has 0 aliphatic rings. The summed E-state index contributed by atoms with van der Waals surface area (Å²) in [4.78, 5) is 22.1. The summed E-state index contributed by atoms with van der Waals surface area (Å²) in [6, 6.07) is 8.88. The normalized spacial score (nSPS) is 9.71. The van der Waals surface area contributed by atoms with E-state index in [1.54, 1.807) is 30.7 Å². The van der Waals surface area contributed by atoms with Crippen molar-refractivity contribution < 1.29 is 19.1 Å². The summed E-state index contributed by atoms with van der Waals surface area (Å²) in [5, 5.41) is 0. The topological polar surface area (TPSA) is 52.6 Å². The van der Waals surface area contributed by atoms with Crippen molar-refractivity contribution >= 4 is 11.9 Å². The van der Waals surface area contributed by atoms with Crippen LogP contribution in [-0.4, -0.2) is 19.0 Å². The van der Waals surface area contributed by atoms with E-state index in [0.717, 1.165) is 0 Å². The number of para-hydroxylation sites is 1. The third-order valence-corrected chi connectivity index (χ3v) is 2.07. The summed E-state index contributed by atoms with van der Waals surface area (Å²) in [6.07, 6.45) is 2.68. The van der Waals surface area contributed by atoms with Crippen LogP contribution in [0.25, 0.3) is 0 Å². The van der Waals surface area contributed by atoms with Gasteiger partial charge in [-0.25, -0.2) is 0 Å². The molecule has 4 heteroatoms. The maximum atomic E-state index is 11.4. The maximum absolute atomic E-state index is 11.4. The molecule has 0 heterocycles. The molecule has 0 atom stereocenters. The Hall–Kier alpha value is -1.84. The zero-order valence-corrected chi connectivity index (χ0v) is 9.72. The van der Waals surface area contributed by atoms with Gasteiger partial charge in [-0.15, -0.1) is 0 Å². The molecular weight excluding hydrogens is 220 g/mol. The molecule has 17 heavy (non-hydrogen) atoms. The Bertz CT molecular complexity index is 359. The number of methoxy groups -OCH3 is 1. The van der Waals surface area contributed by atoms with Crippen LogP contribution in [0.3, 0.4) is 0 Å². The molecule has 1 rings (SSSR count). The van der Waals surface area contributed by atoms with E-state index in [0.29, 0.717) is 12.2 Å². The van der Waals surface area contributed by atoms with Crippen molar-refractivity contribution in [2.75, 3.05) is 7.11 Å². The zero-order chi connectivity index (χ0) is 12.5. The first-order chi connectivity index (χ1) is 8.22. The van der Waals surface area contributed by atoms with Crippen molar-refractivity contribution in [1.82, 2.24) is 0 Å². The van der Waals surface area contributed by atoms with Crippen LogP contribution >= 0.6 is 0 Å². The Kier molecular flexibility index (Phi) is 5.79. The van der Waals surface area contributed by atoms with Gasteiger partial charge in [-0.3, -0.25) is 9.59 Å². The highest BCUT2D eigenvalue weighted by Crippen LogP contribution is 2.10. The Morgan fingerprint density at radius 1 is 1.18 bits per heavy atom. The van der Waals surface area contributed by atoms with Crippen LogP contribution in [0.4, 0.5) is 0 Å². The lowest BCUT2D eigenvalue weighted by Gasteiger charge is -2.03. The second-order valence-electron chi connectivity index (χ2n) is 3.39. The number of carbonyl (C=O) groups excluding carboxylic acids is 2. The number of rotatable bonds is 6. The first-order valence-corrected chi connectivity index (χ1v) is 5.36. The smallest absolute Gasteiger partial charge is 0.311 e. The summed E-state index contributed by atoms with van der Waals surface area (Å²) in [7, 11) is 1.33. The van der Waals surface area contributed by atoms with Gasteiger partial charge in [0.2, 0.25) is 0 Å². The van der Waals surface area contributed by atoms with Gasteiger partial charge in [0.1, 0.15) is 5.75 Å². The molecule has 1 aromatic rings. The molecular formula is C13H15O4. The zero-order valence-electron chi connectivity index (χ0n) is 9.72. The fourth-order valence-corrected chi connectivity index (χ4v) is 1.19. The summed E-state index contributed by atoms with van der Waals surface area (Å²) >= 11 is 0. The van der Waals surface area contributed by atoms with E-state index in [2.05, 4.69) is 4.74 Å². The highest BCUT2D eigenvalue weighted by Gasteiger charge is 2.06. The Morgan fingerprint density at radius 3 is 2.53 bits per heavy atom. The minimum absolute atomic E-state index is 0.217. The highest BCUT2D eigenvalue weighted by atomic mass is 16.5. The quantitative estimate of drug-likeness (QED) is 0.430. The summed E-state index contributed by atoms with van der Waals surface area (Å²) < 4.78 is 9.54. The molecule has 0 N–H and O–H groups in total. The lowest BCUT2D eigenvalue weighted by molar-refractivity contribution is -0.140. The summed E-state index contributed by atoms with van der Waals surface area (Å²) in [6.45, 7) is 0. The minimum Gasteiger partial charge on any atom is -0.469 e. The number of benzene rings is 1. The Morgan fingerprint density at radius 2 is 1.88 bits per heavy atom. The first kappa shape index (κ1) is 13.2.